The van der Waals surface area contributed by atoms with E-state index in [1.165, 1.54) is 32.1 Å². The number of nitrogens with one attached hydrogen (secondary N) is 3. The van der Waals surface area contributed by atoms with Crippen LogP contribution in [0.2, 0.25) is 0 Å². The minimum atomic E-state index is -0.906. The smallest absolute Gasteiger partial charge is 0.303 e. The second-order valence-electron chi connectivity index (χ2n) is 13.1. The van der Waals surface area contributed by atoms with Crippen LogP contribution in [0, 0.1) is 26.7 Å². The van der Waals surface area contributed by atoms with Gasteiger partial charge in [-0.05, 0) is 74.4 Å². The maximum atomic E-state index is 13.6. The van der Waals surface area contributed by atoms with Gasteiger partial charge >= 0.3 is 5.97 Å². The molecular formula is C38H54N6O8. The van der Waals surface area contributed by atoms with E-state index in [1.54, 1.807) is 27.4 Å². The molecule has 4 aromatic rings. The van der Waals surface area contributed by atoms with Gasteiger partial charge in [0.1, 0.15) is 22.9 Å². The molecule has 14 nitrogen and oxygen atoms in total. The number of hydrogen-bond acceptors (Lipinski definition) is 10. The molecule has 1 fully saturated rings. The first-order valence-corrected chi connectivity index (χ1v) is 17.9. The Hall–Kier alpha value is -4.66. The van der Waals surface area contributed by atoms with Gasteiger partial charge in [-0.25, -0.2) is 4.68 Å². The number of aryl methyl sites for hydroxylation is 4. The van der Waals surface area contributed by atoms with Crippen molar-refractivity contribution >= 4 is 28.7 Å². The third-order valence-corrected chi connectivity index (χ3v) is 9.64. The van der Waals surface area contributed by atoms with E-state index >= 15 is 0 Å². The fraction of sp³-hybridized carbons (Fsp3) is 0.526. The molecule has 2 heterocycles. The van der Waals surface area contributed by atoms with E-state index < -0.39 is 11.9 Å². The Kier molecular flexibility index (Phi) is 14.9. The summed E-state index contributed by atoms with van der Waals surface area (Å²) in [6.45, 7) is 7.92. The molecule has 0 saturated heterocycles. The van der Waals surface area contributed by atoms with E-state index in [4.69, 9.17) is 34.5 Å². The molecule has 2 aromatic carbocycles. The number of nitrogens with zero attached hydrogens (tertiary/aromatic N) is 3. The summed E-state index contributed by atoms with van der Waals surface area (Å²) >= 11 is 0. The molecule has 52 heavy (non-hydrogen) atoms. The van der Waals surface area contributed by atoms with Gasteiger partial charge in [-0.2, -0.15) is 4.98 Å². The number of aromatic nitrogens is 4. The fourth-order valence-corrected chi connectivity index (χ4v) is 6.78. The Morgan fingerprint density at radius 2 is 1.63 bits per heavy atom. The number of amides is 1. The SMILES string of the molecule is COc1cc(-c2nc(NC(=O)c3cc4c(C)c(C)c(OC)c(CCC(=O)O)c4[nH]3)nn2CCC2CCCCC2)c(OC)cc1C.OCCNCCO. The molecule has 0 unspecified atom stereocenters. The summed E-state index contributed by atoms with van der Waals surface area (Å²) in [7, 11) is 4.82. The van der Waals surface area contributed by atoms with E-state index in [-0.39, 0.29) is 32.0 Å². The van der Waals surface area contributed by atoms with Crippen LogP contribution in [0.1, 0.15) is 77.7 Å². The number of aliphatic hydroxyl groups excluding tert-OH is 2. The molecule has 0 radical (unpaired) electrons. The molecule has 14 heteroatoms. The molecule has 6 N–H and O–H groups in total. The second kappa shape index (κ2) is 19.3. The standard InChI is InChI=1S/C34H43N5O6.C4H11NO2/c1-19-16-28(44-5)25(18-27(19)43-4)32-36-34(38-39(32)15-14-22-10-8-7-9-11-22)37-33(42)26-17-24-20(2)21(3)31(45-6)23(30(24)35-26)12-13-29(40)41;6-3-1-5-2-4-7/h16-18,22,35H,7-15H2,1-6H3,(H,40,41)(H,37,38,42);5-7H,1-4H2. The molecule has 0 bridgehead atoms. The average Bonchev–Trinajstić information content (AvgIpc) is 3.77. The van der Waals surface area contributed by atoms with E-state index in [0.717, 1.165) is 39.6 Å². The normalized spacial score (nSPS) is 13.1. The topological polar surface area (TPSA) is 193 Å². The zero-order chi connectivity index (χ0) is 37.8. The molecule has 1 aliphatic carbocycles. The number of ether oxygens (including phenoxy) is 3. The second-order valence-corrected chi connectivity index (χ2v) is 13.1. The highest BCUT2D eigenvalue weighted by molar-refractivity contribution is 6.06. The van der Waals surface area contributed by atoms with Crippen molar-refractivity contribution in [2.24, 2.45) is 5.92 Å². The summed E-state index contributed by atoms with van der Waals surface area (Å²) in [5.74, 6) is 2.05. The van der Waals surface area contributed by atoms with Crippen molar-refractivity contribution in [3.63, 3.8) is 0 Å². The maximum Gasteiger partial charge on any atom is 0.303 e. The third-order valence-electron chi connectivity index (χ3n) is 9.64. The zero-order valence-electron chi connectivity index (χ0n) is 31.2. The van der Waals surface area contributed by atoms with Crippen LogP contribution in [0.5, 0.6) is 17.2 Å². The number of methoxy groups -OCH3 is 3. The first kappa shape index (κ1) is 40.1. The number of benzene rings is 2. The van der Waals surface area contributed by atoms with Gasteiger partial charge in [0.25, 0.3) is 5.91 Å². The van der Waals surface area contributed by atoms with Crippen LogP contribution in [0.4, 0.5) is 5.95 Å². The van der Waals surface area contributed by atoms with E-state index in [9.17, 15) is 14.7 Å². The molecule has 0 spiro atoms. The van der Waals surface area contributed by atoms with Gasteiger partial charge in [0.15, 0.2) is 5.82 Å². The number of anilines is 1. The summed E-state index contributed by atoms with van der Waals surface area (Å²) in [6, 6.07) is 5.60. The van der Waals surface area contributed by atoms with Gasteiger partial charge < -0.3 is 39.8 Å². The van der Waals surface area contributed by atoms with Crippen LogP contribution in [0.3, 0.4) is 0 Å². The van der Waals surface area contributed by atoms with Crippen molar-refractivity contribution in [2.75, 3.05) is 52.9 Å². The largest absolute Gasteiger partial charge is 0.496 e. The quantitative estimate of drug-likeness (QED) is 0.0835. The molecule has 2 aromatic heterocycles. The molecule has 1 saturated carbocycles. The number of aliphatic hydroxyl groups is 2. The van der Waals surface area contributed by atoms with Gasteiger partial charge in [0.2, 0.25) is 5.95 Å². The highest BCUT2D eigenvalue weighted by atomic mass is 16.5. The number of fused-ring (bicyclic) bond motifs is 1. The number of carbonyl (C=O) groups is 2. The number of hydrogen-bond donors (Lipinski definition) is 6. The Balaban J connectivity index is 0.000000785. The summed E-state index contributed by atoms with van der Waals surface area (Å²) in [4.78, 5) is 33.0. The molecule has 284 valence electrons. The summed E-state index contributed by atoms with van der Waals surface area (Å²) < 4.78 is 18.9. The first-order chi connectivity index (χ1) is 25.1. The van der Waals surface area contributed by atoms with Crippen molar-refractivity contribution in [2.45, 2.75) is 78.7 Å². The van der Waals surface area contributed by atoms with Gasteiger partial charge in [-0.1, -0.05) is 32.1 Å². The predicted molar refractivity (Wildman–Crippen MR) is 200 cm³/mol. The minimum absolute atomic E-state index is 0.0627. The maximum absolute atomic E-state index is 13.6. The molecule has 1 aliphatic rings. The number of aliphatic carboxylic acids is 1. The number of H-pyrrole nitrogens is 1. The highest BCUT2D eigenvalue weighted by Crippen LogP contribution is 2.38. The average molecular weight is 723 g/mol. The lowest BCUT2D eigenvalue weighted by Crippen LogP contribution is -2.21. The van der Waals surface area contributed by atoms with Gasteiger partial charge in [0.05, 0.1) is 45.6 Å². The minimum Gasteiger partial charge on any atom is -0.496 e. The number of carboxylic acid groups (broad SMARTS) is 1. The van der Waals surface area contributed by atoms with E-state index in [1.807, 2.05) is 37.6 Å². The summed E-state index contributed by atoms with van der Waals surface area (Å²) in [6.07, 6.45) is 7.41. The van der Waals surface area contributed by atoms with Crippen LogP contribution in [0.25, 0.3) is 22.3 Å². The van der Waals surface area contributed by atoms with Gasteiger partial charge in [0, 0.05) is 37.0 Å². The third kappa shape index (κ3) is 9.81. The van der Waals surface area contributed by atoms with Gasteiger partial charge in [-0.3, -0.25) is 14.9 Å². The number of carbonyl (C=O) groups excluding carboxylic acids is 1. The number of aromatic amines is 1. The number of rotatable bonds is 16. The summed E-state index contributed by atoms with van der Waals surface area (Å²) in [5, 5.41) is 36.9. The Morgan fingerprint density at radius 1 is 0.942 bits per heavy atom. The molecule has 5 rings (SSSR count). The molecule has 0 atom stereocenters. The molecule has 0 aliphatic heterocycles. The van der Waals surface area contributed by atoms with Gasteiger partial charge in [-0.15, -0.1) is 5.10 Å². The van der Waals surface area contributed by atoms with E-state index in [2.05, 4.69) is 15.6 Å². The molecular weight excluding hydrogens is 668 g/mol. The van der Waals surface area contributed by atoms with Crippen molar-refractivity contribution < 1.29 is 39.1 Å². The van der Waals surface area contributed by atoms with Crippen molar-refractivity contribution in [3.8, 4) is 28.6 Å². The van der Waals surface area contributed by atoms with Crippen molar-refractivity contribution in [1.29, 1.82) is 0 Å². The zero-order valence-corrected chi connectivity index (χ0v) is 31.2. The van der Waals surface area contributed by atoms with E-state index in [0.29, 0.717) is 59.8 Å². The Labute approximate surface area is 304 Å². The lowest BCUT2D eigenvalue weighted by atomic mass is 9.87. The van der Waals surface area contributed by atoms with Crippen LogP contribution >= 0.6 is 0 Å². The first-order valence-electron chi connectivity index (χ1n) is 17.9. The Morgan fingerprint density at radius 3 is 2.25 bits per heavy atom. The van der Waals surface area contributed by atoms with Crippen LogP contribution < -0.4 is 24.8 Å². The fourth-order valence-electron chi connectivity index (χ4n) is 6.78. The Bertz CT molecular complexity index is 1810. The van der Waals surface area contributed by atoms with Crippen molar-refractivity contribution in [1.82, 2.24) is 25.1 Å². The number of carboxylic acids is 1. The van der Waals surface area contributed by atoms with Crippen molar-refractivity contribution in [3.05, 3.63) is 46.1 Å². The van der Waals surface area contributed by atoms with Crippen LogP contribution in [-0.4, -0.2) is 94.6 Å². The lowest BCUT2D eigenvalue weighted by molar-refractivity contribution is -0.136. The summed E-state index contributed by atoms with van der Waals surface area (Å²) in [5.41, 5.74) is 5.24. The monoisotopic (exact) mass is 722 g/mol. The van der Waals surface area contributed by atoms with Crippen LogP contribution in [0.15, 0.2) is 18.2 Å². The van der Waals surface area contributed by atoms with Crippen LogP contribution in [-0.2, 0) is 17.8 Å². The molecule has 1 amide bonds. The predicted octanol–water partition coefficient (Wildman–Crippen LogP) is 5.18. The highest BCUT2D eigenvalue weighted by Gasteiger charge is 2.24. The lowest BCUT2D eigenvalue weighted by Gasteiger charge is -2.21.